The van der Waals surface area contributed by atoms with Crippen LogP contribution in [0.25, 0.3) is 0 Å². The van der Waals surface area contributed by atoms with Gasteiger partial charge in [0.15, 0.2) is 5.79 Å². The molecule has 0 aromatic heterocycles. The van der Waals surface area contributed by atoms with E-state index in [4.69, 9.17) is 18.9 Å². The van der Waals surface area contributed by atoms with Crippen LogP contribution in [-0.4, -0.2) is 43.4 Å². The van der Waals surface area contributed by atoms with Crippen LogP contribution in [0.1, 0.15) is 38.5 Å². The highest BCUT2D eigenvalue weighted by Gasteiger charge is 2.54. The smallest absolute Gasteiger partial charge is 0.170 e. The largest absolute Gasteiger partial charge is 0.370 e. The van der Waals surface area contributed by atoms with Gasteiger partial charge in [-0.2, -0.15) is 0 Å². The van der Waals surface area contributed by atoms with Crippen LogP contribution in [0.2, 0.25) is 0 Å². The zero-order valence-corrected chi connectivity index (χ0v) is 11.3. The molecule has 4 unspecified atom stereocenters. The van der Waals surface area contributed by atoms with Crippen molar-refractivity contribution in [3.05, 3.63) is 0 Å². The van der Waals surface area contributed by atoms with Crippen LogP contribution in [0.5, 0.6) is 0 Å². The van der Waals surface area contributed by atoms with Crippen LogP contribution >= 0.6 is 0 Å². The third-order valence-electron chi connectivity index (χ3n) is 5.84. The van der Waals surface area contributed by atoms with E-state index < -0.39 is 0 Å². The SMILES string of the molecule is C1CC2OC2CC1C1COC2(CCC3O[C@H]3C2)OC1. The second-order valence-corrected chi connectivity index (χ2v) is 7.03. The van der Waals surface area contributed by atoms with E-state index in [0.717, 1.165) is 38.4 Å². The highest BCUT2D eigenvalue weighted by Crippen LogP contribution is 2.48. The molecule has 0 amide bonds. The molecule has 2 saturated carbocycles. The van der Waals surface area contributed by atoms with Crippen molar-refractivity contribution in [2.24, 2.45) is 11.8 Å². The summed E-state index contributed by atoms with van der Waals surface area (Å²) < 4.78 is 23.6. The minimum atomic E-state index is -0.304. The Kier molecular flexibility index (Phi) is 2.38. The van der Waals surface area contributed by atoms with Gasteiger partial charge < -0.3 is 18.9 Å². The molecule has 1 spiro atoms. The van der Waals surface area contributed by atoms with Gasteiger partial charge in [-0.1, -0.05) is 0 Å². The third kappa shape index (κ3) is 1.96. The van der Waals surface area contributed by atoms with Crippen LogP contribution in [0, 0.1) is 11.8 Å². The number of ether oxygens (including phenoxy) is 4. The normalized spacial score (nSPS) is 59.4. The number of hydrogen-bond donors (Lipinski definition) is 0. The van der Waals surface area contributed by atoms with Gasteiger partial charge in [-0.25, -0.2) is 0 Å². The highest BCUT2D eigenvalue weighted by molar-refractivity contribution is 4.99. The molecule has 3 saturated heterocycles. The van der Waals surface area contributed by atoms with E-state index in [0.29, 0.717) is 30.3 Å². The number of fused-ring (bicyclic) bond motifs is 2. The lowest BCUT2D eigenvalue weighted by Crippen LogP contribution is -2.49. The van der Waals surface area contributed by atoms with Crippen LogP contribution in [0.3, 0.4) is 0 Å². The van der Waals surface area contributed by atoms with Gasteiger partial charge in [0.25, 0.3) is 0 Å². The summed E-state index contributed by atoms with van der Waals surface area (Å²) in [7, 11) is 0. The Labute approximate surface area is 113 Å². The van der Waals surface area contributed by atoms with Crippen molar-refractivity contribution in [3.8, 4) is 0 Å². The molecule has 3 aliphatic heterocycles. The van der Waals surface area contributed by atoms with E-state index in [1.54, 1.807) is 0 Å². The highest BCUT2D eigenvalue weighted by atomic mass is 16.7. The van der Waals surface area contributed by atoms with E-state index >= 15 is 0 Å². The summed E-state index contributed by atoms with van der Waals surface area (Å²) >= 11 is 0. The second kappa shape index (κ2) is 3.94. The van der Waals surface area contributed by atoms with Crippen LogP contribution in [-0.2, 0) is 18.9 Å². The molecule has 4 heteroatoms. The van der Waals surface area contributed by atoms with Gasteiger partial charge in [0.05, 0.1) is 37.6 Å². The summed E-state index contributed by atoms with van der Waals surface area (Å²) in [5.41, 5.74) is 0. The molecule has 19 heavy (non-hydrogen) atoms. The fraction of sp³-hybridized carbons (Fsp3) is 1.00. The van der Waals surface area contributed by atoms with E-state index in [1.165, 1.54) is 19.3 Å². The van der Waals surface area contributed by atoms with Crippen LogP contribution in [0.15, 0.2) is 0 Å². The molecular formula is C15H22O4. The minimum absolute atomic E-state index is 0.304. The maximum Gasteiger partial charge on any atom is 0.170 e. The molecule has 2 aliphatic carbocycles. The molecule has 5 fully saturated rings. The van der Waals surface area contributed by atoms with E-state index in [2.05, 4.69) is 0 Å². The quantitative estimate of drug-likeness (QED) is 0.680. The predicted molar refractivity (Wildman–Crippen MR) is 66.6 cm³/mol. The van der Waals surface area contributed by atoms with Gasteiger partial charge >= 0.3 is 0 Å². The Morgan fingerprint density at radius 2 is 1.53 bits per heavy atom. The molecule has 5 rings (SSSR count). The summed E-state index contributed by atoms with van der Waals surface area (Å²) in [6.45, 7) is 1.75. The Hall–Kier alpha value is -0.160. The molecular weight excluding hydrogens is 244 g/mol. The van der Waals surface area contributed by atoms with Crippen molar-refractivity contribution < 1.29 is 18.9 Å². The Morgan fingerprint density at radius 1 is 0.737 bits per heavy atom. The Bertz CT molecular complexity index is 376. The van der Waals surface area contributed by atoms with Crippen molar-refractivity contribution in [3.63, 3.8) is 0 Å². The van der Waals surface area contributed by atoms with E-state index in [-0.39, 0.29) is 5.79 Å². The number of epoxide rings is 2. The third-order valence-corrected chi connectivity index (χ3v) is 5.84. The maximum absolute atomic E-state index is 6.18. The van der Waals surface area contributed by atoms with Crippen molar-refractivity contribution in [1.82, 2.24) is 0 Å². The van der Waals surface area contributed by atoms with Crippen molar-refractivity contribution in [2.45, 2.75) is 68.7 Å². The molecule has 0 aromatic rings. The standard InChI is InChI=1S/C15H22O4/c1-2-11-13(18-11)5-9(1)10-7-16-15(17-8-10)4-3-12-14(6-15)19-12/h9-14H,1-8H2/t9?,10?,11?,12?,13?,14-,15?/m0/s1. The first-order chi connectivity index (χ1) is 9.31. The lowest BCUT2D eigenvalue weighted by molar-refractivity contribution is -0.298. The lowest BCUT2D eigenvalue weighted by Gasteiger charge is -2.43. The van der Waals surface area contributed by atoms with Gasteiger partial charge in [0, 0.05) is 18.8 Å². The van der Waals surface area contributed by atoms with Crippen molar-refractivity contribution in [2.75, 3.05) is 13.2 Å². The molecule has 5 atom stereocenters. The summed E-state index contributed by atoms with van der Waals surface area (Å²) in [6.07, 6.45) is 8.91. The first-order valence-electron chi connectivity index (χ1n) is 7.90. The zero-order valence-electron chi connectivity index (χ0n) is 11.3. The fourth-order valence-corrected chi connectivity index (χ4v) is 4.39. The average Bonchev–Trinajstić information content (AvgIpc) is 3.33. The second-order valence-electron chi connectivity index (χ2n) is 7.03. The van der Waals surface area contributed by atoms with Crippen LogP contribution < -0.4 is 0 Å². The molecule has 4 nitrogen and oxygen atoms in total. The summed E-state index contributed by atoms with van der Waals surface area (Å²) in [5.74, 6) is 1.02. The molecule has 0 bridgehead atoms. The van der Waals surface area contributed by atoms with Crippen molar-refractivity contribution in [1.29, 1.82) is 0 Å². The van der Waals surface area contributed by atoms with Gasteiger partial charge in [-0.05, 0) is 31.6 Å². The fourth-order valence-electron chi connectivity index (χ4n) is 4.39. The van der Waals surface area contributed by atoms with Crippen LogP contribution in [0.4, 0.5) is 0 Å². The van der Waals surface area contributed by atoms with Crippen molar-refractivity contribution >= 4 is 0 Å². The minimum Gasteiger partial charge on any atom is -0.370 e. The average molecular weight is 266 g/mol. The molecule has 106 valence electrons. The zero-order chi connectivity index (χ0) is 12.4. The monoisotopic (exact) mass is 266 g/mol. The summed E-state index contributed by atoms with van der Waals surface area (Å²) in [6, 6.07) is 0. The van der Waals surface area contributed by atoms with Gasteiger partial charge in [-0.3, -0.25) is 0 Å². The maximum atomic E-state index is 6.18. The molecule has 0 N–H and O–H groups in total. The lowest BCUT2D eigenvalue weighted by atomic mass is 9.80. The molecule has 5 aliphatic rings. The van der Waals surface area contributed by atoms with Gasteiger partial charge in [-0.15, -0.1) is 0 Å². The molecule has 3 heterocycles. The van der Waals surface area contributed by atoms with E-state index in [9.17, 15) is 0 Å². The molecule has 0 aromatic carbocycles. The molecule has 0 radical (unpaired) electrons. The predicted octanol–water partition coefficient (Wildman–Crippen LogP) is 1.86. The van der Waals surface area contributed by atoms with Gasteiger partial charge in [0.2, 0.25) is 0 Å². The first kappa shape index (κ1) is 11.5. The number of rotatable bonds is 1. The van der Waals surface area contributed by atoms with Gasteiger partial charge in [0.1, 0.15) is 0 Å². The first-order valence-corrected chi connectivity index (χ1v) is 7.90. The summed E-state index contributed by atoms with van der Waals surface area (Å²) in [4.78, 5) is 0. The number of hydrogen-bond acceptors (Lipinski definition) is 4. The summed E-state index contributed by atoms with van der Waals surface area (Å²) in [5, 5.41) is 0. The Morgan fingerprint density at radius 3 is 2.32 bits per heavy atom. The van der Waals surface area contributed by atoms with E-state index in [1.807, 2.05) is 0 Å². The topological polar surface area (TPSA) is 43.5 Å². The Balaban J connectivity index is 1.21.